The minimum Gasteiger partial charge on any atom is -0.493 e. The zero-order valence-corrected chi connectivity index (χ0v) is 12.7. The van der Waals surface area contributed by atoms with Crippen LogP contribution < -0.4 is 14.8 Å². The molecule has 1 rings (SSSR count). The van der Waals surface area contributed by atoms with Crippen LogP contribution in [0.25, 0.3) is 0 Å². The molecule has 0 aliphatic heterocycles. The highest BCUT2D eigenvalue weighted by Crippen LogP contribution is 2.28. The third-order valence-corrected chi connectivity index (χ3v) is 3.25. The summed E-state index contributed by atoms with van der Waals surface area (Å²) in [4.78, 5) is 0. The first kappa shape index (κ1) is 15.8. The van der Waals surface area contributed by atoms with Crippen LogP contribution in [0.4, 0.5) is 0 Å². The Kier molecular flexibility index (Phi) is 7.34. The largest absolute Gasteiger partial charge is 0.493 e. The molecule has 0 bridgehead atoms. The topological polar surface area (TPSA) is 30.5 Å². The van der Waals surface area contributed by atoms with Gasteiger partial charge in [-0.2, -0.15) is 0 Å². The van der Waals surface area contributed by atoms with Crippen LogP contribution >= 0.6 is 0 Å². The average Bonchev–Trinajstić information content (AvgIpc) is 2.44. The molecule has 0 radical (unpaired) electrons. The van der Waals surface area contributed by atoms with Crippen molar-refractivity contribution in [2.45, 2.75) is 52.6 Å². The van der Waals surface area contributed by atoms with Crippen molar-refractivity contribution in [3.8, 4) is 11.5 Å². The summed E-state index contributed by atoms with van der Waals surface area (Å²) in [5.74, 6) is 1.62. The summed E-state index contributed by atoms with van der Waals surface area (Å²) in [5.41, 5.74) is 1.23. The Morgan fingerprint density at radius 2 is 1.95 bits per heavy atom. The van der Waals surface area contributed by atoms with Crippen molar-refractivity contribution in [2.24, 2.45) is 0 Å². The van der Waals surface area contributed by atoms with E-state index in [0.29, 0.717) is 12.6 Å². The molecule has 1 atom stereocenters. The van der Waals surface area contributed by atoms with Gasteiger partial charge in [0.1, 0.15) is 0 Å². The van der Waals surface area contributed by atoms with Crippen molar-refractivity contribution in [3.05, 3.63) is 23.8 Å². The molecule has 3 heteroatoms. The maximum Gasteiger partial charge on any atom is 0.161 e. The van der Waals surface area contributed by atoms with Crippen molar-refractivity contribution in [3.63, 3.8) is 0 Å². The third-order valence-electron chi connectivity index (χ3n) is 3.25. The minimum absolute atomic E-state index is 0.600. The van der Waals surface area contributed by atoms with Crippen LogP contribution in [0.15, 0.2) is 18.2 Å². The Hall–Kier alpha value is -1.22. The maximum atomic E-state index is 5.52. The van der Waals surface area contributed by atoms with Crippen molar-refractivity contribution in [2.75, 3.05) is 13.7 Å². The Morgan fingerprint density at radius 1 is 1.16 bits per heavy atom. The normalized spacial score (nSPS) is 12.2. The van der Waals surface area contributed by atoms with E-state index in [0.717, 1.165) is 18.0 Å². The number of methoxy groups -OCH3 is 1. The summed E-state index contributed by atoms with van der Waals surface area (Å²) in [5, 5.41) is 3.59. The third kappa shape index (κ3) is 5.11. The summed E-state index contributed by atoms with van der Waals surface area (Å²) in [6, 6.07) is 6.73. The first-order valence-electron chi connectivity index (χ1n) is 7.28. The SMILES string of the molecule is CCCC(CC)NCc1ccc(OCC)c(OC)c1. The van der Waals surface area contributed by atoms with Crippen LogP contribution in [0.5, 0.6) is 11.5 Å². The minimum atomic E-state index is 0.600. The van der Waals surface area contributed by atoms with Crippen molar-refractivity contribution < 1.29 is 9.47 Å². The molecule has 108 valence electrons. The number of hydrogen-bond acceptors (Lipinski definition) is 3. The van der Waals surface area contributed by atoms with Gasteiger partial charge in [0.25, 0.3) is 0 Å². The number of nitrogens with one attached hydrogen (secondary N) is 1. The van der Waals surface area contributed by atoms with E-state index in [1.165, 1.54) is 24.8 Å². The second-order valence-electron chi connectivity index (χ2n) is 4.69. The predicted molar refractivity (Wildman–Crippen MR) is 80.0 cm³/mol. The maximum absolute atomic E-state index is 5.52. The summed E-state index contributed by atoms with van der Waals surface area (Å²) in [7, 11) is 1.68. The number of ether oxygens (including phenoxy) is 2. The molecule has 0 spiro atoms. The standard InChI is InChI=1S/C16H27NO2/c1-5-8-14(6-2)17-12-13-9-10-15(19-7-3)16(11-13)18-4/h9-11,14,17H,5-8,12H2,1-4H3. The van der Waals surface area contributed by atoms with Gasteiger partial charge in [-0.15, -0.1) is 0 Å². The van der Waals surface area contributed by atoms with Gasteiger partial charge in [0.15, 0.2) is 11.5 Å². The van der Waals surface area contributed by atoms with E-state index in [1.807, 2.05) is 13.0 Å². The van der Waals surface area contributed by atoms with E-state index >= 15 is 0 Å². The quantitative estimate of drug-likeness (QED) is 0.737. The number of benzene rings is 1. The molecule has 0 saturated heterocycles. The fourth-order valence-electron chi connectivity index (χ4n) is 2.16. The van der Waals surface area contributed by atoms with Gasteiger partial charge in [-0.05, 0) is 37.5 Å². The van der Waals surface area contributed by atoms with E-state index in [9.17, 15) is 0 Å². The lowest BCUT2D eigenvalue weighted by Crippen LogP contribution is -2.27. The Labute approximate surface area is 117 Å². The molecule has 1 N–H and O–H groups in total. The Balaban J connectivity index is 2.63. The predicted octanol–water partition coefficient (Wildman–Crippen LogP) is 3.76. The number of rotatable bonds is 9. The van der Waals surface area contributed by atoms with Gasteiger partial charge in [-0.25, -0.2) is 0 Å². The van der Waals surface area contributed by atoms with Crippen LogP contribution in [0.1, 0.15) is 45.6 Å². The zero-order valence-electron chi connectivity index (χ0n) is 12.7. The Morgan fingerprint density at radius 3 is 2.53 bits per heavy atom. The van der Waals surface area contributed by atoms with Crippen molar-refractivity contribution >= 4 is 0 Å². The van der Waals surface area contributed by atoms with Gasteiger partial charge in [0, 0.05) is 12.6 Å². The molecule has 1 aromatic carbocycles. The van der Waals surface area contributed by atoms with Crippen LogP contribution in [0.3, 0.4) is 0 Å². The first-order chi connectivity index (χ1) is 9.24. The van der Waals surface area contributed by atoms with E-state index in [1.54, 1.807) is 7.11 Å². The van der Waals surface area contributed by atoms with Gasteiger partial charge in [-0.1, -0.05) is 26.3 Å². The average molecular weight is 265 g/mol. The van der Waals surface area contributed by atoms with Crippen LogP contribution in [0.2, 0.25) is 0 Å². The van der Waals surface area contributed by atoms with Crippen LogP contribution in [-0.4, -0.2) is 19.8 Å². The molecule has 0 heterocycles. The van der Waals surface area contributed by atoms with Crippen LogP contribution in [-0.2, 0) is 6.54 Å². The highest BCUT2D eigenvalue weighted by molar-refractivity contribution is 5.42. The second kappa shape index (κ2) is 8.81. The molecule has 0 saturated carbocycles. The monoisotopic (exact) mass is 265 g/mol. The van der Waals surface area contributed by atoms with E-state index in [4.69, 9.17) is 9.47 Å². The molecular weight excluding hydrogens is 238 g/mol. The fraction of sp³-hybridized carbons (Fsp3) is 0.625. The highest BCUT2D eigenvalue weighted by Gasteiger charge is 2.07. The van der Waals surface area contributed by atoms with Gasteiger partial charge in [-0.3, -0.25) is 0 Å². The molecule has 0 fully saturated rings. The molecule has 1 unspecified atom stereocenters. The summed E-state index contributed by atoms with van der Waals surface area (Å²) in [6.07, 6.45) is 3.62. The lowest BCUT2D eigenvalue weighted by Gasteiger charge is -2.17. The van der Waals surface area contributed by atoms with Crippen molar-refractivity contribution in [1.29, 1.82) is 0 Å². The second-order valence-corrected chi connectivity index (χ2v) is 4.69. The van der Waals surface area contributed by atoms with Gasteiger partial charge >= 0.3 is 0 Å². The van der Waals surface area contributed by atoms with E-state index < -0.39 is 0 Å². The summed E-state index contributed by atoms with van der Waals surface area (Å²) >= 11 is 0. The lowest BCUT2D eigenvalue weighted by atomic mass is 10.1. The van der Waals surface area contributed by atoms with E-state index in [2.05, 4.69) is 31.3 Å². The van der Waals surface area contributed by atoms with E-state index in [-0.39, 0.29) is 0 Å². The molecular formula is C16H27NO2. The molecule has 3 nitrogen and oxygen atoms in total. The summed E-state index contributed by atoms with van der Waals surface area (Å²) in [6.45, 7) is 7.96. The molecule has 1 aromatic rings. The molecule has 19 heavy (non-hydrogen) atoms. The lowest BCUT2D eigenvalue weighted by molar-refractivity contribution is 0.310. The van der Waals surface area contributed by atoms with Crippen molar-refractivity contribution in [1.82, 2.24) is 5.32 Å². The van der Waals surface area contributed by atoms with Gasteiger partial charge in [0.2, 0.25) is 0 Å². The molecule has 0 aromatic heterocycles. The molecule has 0 aliphatic rings. The first-order valence-corrected chi connectivity index (χ1v) is 7.28. The summed E-state index contributed by atoms with van der Waals surface area (Å²) < 4.78 is 10.9. The van der Waals surface area contributed by atoms with Gasteiger partial charge < -0.3 is 14.8 Å². The number of hydrogen-bond donors (Lipinski definition) is 1. The zero-order chi connectivity index (χ0) is 14.1. The Bertz CT molecular complexity index is 366. The van der Waals surface area contributed by atoms with Gasteiger partial charge in [0.05, 0.1) is 13.7 Å². The molecule has 0 aliphatic carbocycles. The smallest absolute Gasteiger partial charge is 0.161 e. The highest BCUT2D eigenvalue weighted by atomic mass is 16.5. The van der Waals surface area contributed by atoms with Crippen LogP contribution in [0, 0.1) is 0 Å². The molecule has 0 amide bonds. The fourth-order valence-corrected chi connectivity index (χ4v) is 2.16.